The number of hydrogen-bond donors (Lipinski definition) is 4. The second kappa shape index (κ2) is 22.5. The third-order valence-corrected chi connectivity index (χ3v) is 14.8. The summed E-state index contributed by atoms with van der Waals surface area (Å²) in [4.78, 5) is 115. The summed E-state index contributed by atoms with van der Waals surface area (Å²) in [5.74, 6) is -4.84. The fourth-order valence-electron chi connectivity index (χ4n) is 10.8. The highest BCUT2D eigenvalue weighted by Gasteiger charge is 2.50. The number of carbonyl (C=O) groups is 6. The molecule has 0 bridgehead atoms. The highest BCUT2D eigenvalue weighted by molar-refractivity contribution is 5.93. The van der Waals surface area contributed by atoms with Gasteiger partial charge in [0.1, 0.15) is 51.0 Å². The Balaban J connectivity index is 0.613. The first-order valence-corrected chi connectivity index (χ1v) is 26.3. The van der Waals surface area contributed by atoms with Gasteiger partial charge in [-0.05, 0) is 93.3 Å². The van der Waals surface area contributed by atoms with Gasteiger partial charge in [0.05, 0.1) is 97.2 Å². The Labute approximate surface area is 461 Å². The summed E-state index contributed by atoms with van der Waals surface area (Å²) in [7, 11) is 0. The van der Waals surface area contributed by atoms with Crippen molar-refractivity contribution < 1.29 is 76.9 Å². The van der Waals surface area contributed by atoms with Gasteiger partial charge in [-0.15, -0.1) is 0 Å². The van der Waals surface area contributed by atoms with Crippen LogP contribution in [0.1, 0.15) is 79.1 Å². The summed E-state index contributed by atoms with van der Waals surface area (Å²) in [5, 5.41) is 26.7. The van der Waals surface area contributed by atoms with Crippen LogP contribution in [0.3, 0.4) is 0 Å². The van der Waals surface area contributed by atoms with E-state index in [0.29, 0.717) is 46.7 Å². The number of aryl methyl sites for hydroxylation is 2. The van der Waals surface area contributed by atoms with E-state index in [9.17, 15) is 48.6 Å². The molecule has 4 N–H and O–H groups in total. The summed E-state index contributed by atoms with van der Waals surface area (Å²) in [6.07, 6.45) is 0.806. The van der Waals surface area contributed by atoms with E-state index in [4.69, 9.17) is 47.9 Å². The lowest BCUT2D eigenvalue weighted by Gasteiger charge is -2.33. The highest BCUT2D eigenvalue weighted by Crippen LogP contribution is 2.43. The van der Waals surface area contributed by atoms with Gasteiger partial charge in [-0.25, -0.2) is 19.6 Å². The molecule has 81 heavy (non-hydrogen) atoms. The summed E-state index contributed by atoms with van der Waals surface area (Å²) in [6, 6.07) is 13.0. The van der Waals surface area contributed by atoms with E-state index in [1.165, 1.54) is 26.0 Å². The SMILES string of the molecule is CCc1c2c(nc3ccc(O)cc13)-c1cc3c(c(=O)n1C2)COC(=O)[C@@]3(C)OC(=O)CNC(=O)COCCOCC(C)OCCOCC(=O)NCC(=O)O[C@]1(C)C(=O)OCc2c1cc1n(c2=O)Cc2c-1nc1ccc(O)cc1c2CC. The Morgan fingerprint density at radius 2 is 1.06 bits per heavy atom. The molecule has 24 heteroatoms. The maximum absolute atomic E-state index is 13.9. The zero-order valence-electron chi connectivity index (χ0n) is 45.0. The number of benzene rings is 2. The Morgan fingerprint density at radius 1 is 0.630 bits per heavy atom. The molecule has 0 aliphatic carbocycles. The molecule has 2 amide bonds. The van der Waals surface area contributed by atoms with Gasteiger partial charge in [0.25, 0.3) is 11.1 Å². The first-order valence-electron chi connectivity index (χ1n) is 26.3. The van der Waals surface area contributed by atoms with E-state index < -0.39 is 90.4 Å². The number of rotatable bonds is 21. The standard InChI is InChI=1S/C57H58N6O18/c1-6-32-34-16-30(64)8-10-42(34)60-50-36(32)22-62-44(50)18-40-38(52(62)70)25-78-54(72)56(40,4)80-48(68)20-58-46(66)27-75-13-12-74-24-29(3)77-15-14-76-28-47(67)59-21-49(69)81-57(5)41-19-45-51-37(23-63(45)53(71)39(41)26-79-55(57)73)33(7-2)35-17-31(65)9-11-43(35)61-51/h8-11,16-19,29,64-65H,6-7,12-15,20-28H2,1-5H3,(H,58,66)(H,59,67)/t29?,56-,57-/m0/s1. The minimum Gasteiger partial charge on any atom is -0.508 e. The van der Waals surface area contributed by atoms with Crippen LogP contribution in [0.5, 0.6) is 11.5 Å². The zero-order chi connectivity index (χ0) is 57.5. The molecule has 4 aliphatic heterocycles. The molecule has 0 radical (unpaired) electrons. The van der Waals surface area contributed by atoms with Crippen LogP contribution in [0, 0.1) is 0 Å². The fourth-order valence-corrected chi connectivity index (χ4v) is 10.8. The molecule has 424 valence electrons. The Hall–Kier alpha value is -8.58. The van der Waals surface area contributed by atoms with E-state index in [1.54, 1.807) is 52.5 Å². The highest BCUT2D eigenvalue weighted by atomic mass is 16.6. The number of cyclic esters (lactones) is 2. The predicted molar refractivity (Wildman–Crippen MR) is 284 cm³/mol. The van der Waals surface area contributed by atoms with Gasteiger partial charge >= 0.3 is 23.9 Å². The lowest BCUT2D eigenvalue weighted by Crippen LogP contribution is -2.47. The molecular weight excluding hydrogens is 1060 g/mol. The van der Waals surface area contributed by atoms with Crippen LogP contribution in [0.15, 0.2) is 58.1 Å². The predicted octanol–water partition coefficient (Wildman–Crippen LogP) is 2.72. The average Bonchev–Trinajstić information content (AvgIpc) is 2.71. The van der Waals surface area contributed by atoms with Crippen molar-refractivity contribution in [1.29, 1.82) is 0 Å². The van der Waals surface area contributed by atoms with Crippen LogP contribution < -0.4 is 21.8 Å². The summed E-state index contributed by atoms with van der Waals surface area (Å²) >= 11 is 0. The van der Waals surface area contributed by atoms with Crippen LogP contribution >= 0.6 is 0 Å². The normalized spacial score (nSPS) is 17.7. The molecule has 4 aliphatic rings. The number of nitrogens with one attached hydrogen (secondary N) is 2. The number of nitrogens with zero attached hydrogens (tertiary/aromatic N) is 4. The number of pyridine rings is 4. The minimum atomic E-state index is -2.02. The third-order valence-electron chi connectivity index (χ3n) is 14.8. The van der Waals surface area contributed by atoms with E-state index in [0.717, 1.165) is 33.0 Å². The minimum absolute atomic E-state index is 0.0152. The number of esters is 4. The molecule has 3 atom stereocenters. The quantitative estimate of drug-likeness (QED) is 0.0457. The van der Waals surface area contributed by atoms with Crippen LogP contribution in [0.4, 0.5) is 0 Å². The van der Waals surface area contributed by atoms with Gasteiger partial charge in [0, 0.05) is 33.0 Å². The number of ether oxygens (including phenoxy) is 8. The van der Waals surface area contributed by atoms with Gasteiger partial charge in [0.15, 0.2) is 0 Å². The van der Waals surface area contributed by atoms with Gasteiger partial charge in [0.2, 0.25) is 23.0 Å². The van der Waals surface area contributed by atoms with Crippen molar-refractivity contribution in [2.24, 2.45) is 0 Å². The van der Waals surface area contributed by atoms with Gasteiger partial charge in [-0.2, -0.15) is 0 Å². The summed E-state index contributed by atoms with van der Waals surface area (Å²) < 4.78 is 47.0. The molecule has 24 nitrogen and oxygen atoms in total. The largest absolute Gasteiger partial charge is 0.508 e. The number of phenols is 2. The molecule has 10 rings (SSSR count). The van der Waals surface area contributed by atoms with E-state index >= 15 is 0 Å². The molecule has 2 aromatic carbocycles. The molecule has 0 fully saturated rings. The Morgan fingerprint density at radius 3 is 1.51 bits per heavy atom. The van der Waals surface area contributed by atoms with Crippen LogP contribution in [0.25, 0.3) is 44.6 Å². The lowest BCUT2D eigenvalue weighted by atomic mass is 9.89. The van der Waals surface area contributed by atoms with Crippen LogP contribution in [-0.4, -0.2) is 130 Å². The van der Waals surface area contributed by atoms with Gasteiger partial charge in [-0.1, -0.05) is 13.8 Å². The van der Waals surface area contributed by atoms with Crippen LogP contribution in [0.2, 0.25) is 0 Å². The smallest absolute Gasteiger partial charge is 0.355 e. The van der Waals surface area contributed by atoms with Gasteiger partial charge < -0.3 is 67.9 Å². The number of amides is 2. The van der Waals surface area contributed by atoms with Crippen molar-refractivity contribution in [3.05, 3.63) is 114 Å². The zero-order valence-corrected chi connectivity index (χ0v) is 45.0. The second-order valence-corrected chi connectivity index (χ2v) is 20.2. The average molecular weight is 1120 g/mol. The van der Waals surface area contributed by atoms with Crippen molar-refractivity contribution in [1.82, 2.24) is 29.7 Å². The molecule has 8 heterocycles. The number of aromatic nitrogens is 4. The number of carbonyl (C=O) groups excluding carboxylic acids is 6. The number of fused-ring (bicyclic) bond motifs is 10. The third kappa shape index (κ3) is 10.6. The lowest BCUT2D eigenvalue weighted by molar-refractivity contribution is -0.185. The monoisotopic (exact) mass is 1110 g/mol. The molecule has 0 saturated heterocycles. The van der Waals surface area contributed by atoms with Crippen molar-refractivity contribution in [3.63, 3.8) is 0 Å². The summed E-state index contributed by atoms with van der Waals surface area (Å²) in [6.45, 7) is 6.40. The van der Waals surface area contributed by atoms with Crippen molar-refractivity contribution >= 4 is 57.5 Å². The summed E-state index contributed by atoms with van der Waals surface area (Å²) in [5.41, 5.74) is 2.35. The first-order chi connectivity index (χ1) is 38.8. The maximum Gasteiger partial charge on any atom is 0.355 e. The first kappa shape index (κ1) is 55.7. The molecule has 6 aromatic rings. The molecule has 1 unspecified atom stereocenters. The number of hydrogen-bond acceptors (Lipinski definition) is 20. The second-order valence-electron chi connectivity index (χ2n) is 20.2. The van der Waals surface area contributed by atoms with Crippen molar-refractivity contribution in [2.75, 3.05) is 59.3 Å². The van der Waals surface area contributed by atoms with Crippen LogP contribution in [-0.2, 0) is 117 Å². The van der Waals surface area contributed by atoms with Crippen molar-refractivity contribution in [3.8, 4) is 34.3 Å². The molecule has 0 saturated carbocycles. The molecular formula is C57H58N6O18. The maximum atomic E-state index is 13.9. The fraction of sp³-hybridized carbons (Fsp3) is 0.404. The van der Waals surface area contributed by atoms with E-state index in [1.807, 2.05) is 13.8 Å². The Bertz CT molecular complexity index is 3740. The molecule has 0 spiro atoms. The Kier molecular flexibility index (Phi) is 15.5. The van der Waals surface area contributed by atoms with E-state index in [-0.39, 0.29) is 93.1 Å². The number of phenolic OH excluding ortho intramolecular Hbond substituents is 2. The number of aromatic hydroxyl groups is 2. The topological polar surface area (TPSA) is 311 Å². The van der Waals surface area contributed by atoms with Crippen molar-refractivity contribution in [2.45, 2.75) is 91.1 Å². The van der Waals surface area contributed by atoms with Gasteiger partial charge in [-0.3, -0.25) is 28.8 Å². The molecule has 4 aromatic heterocycles. The van der Waals surface area contributed by atoms with E-state index in [2.05, 4.69) is 10.6 Å².